The van der Waals surface area contributed by atoms with Crippen LogP contribution in [-0.2, 0) is 11.3 Å². The lowest BCUT2D eigenvalue weighted by Gasteiger charge is -2.15. The first kappa shape index (κ1) is 21.2. The summed E-state index contributed by atoms with van der Waals surface area (Å²) in [7, 11) is 0. The Bertz CT molecular complexity index is 799. The van der Waals surface area contributed by atoms with E-state index in [1.165, 1.54) is 12.3 Å². The summed E-state index contributed by atoms with van der Waals surface area (Å²) in [5, 5.41) is 9.33. The van der Waals surface area contributed by atoms with Gasteiger partial charge in [0.2, 0.25) is 0 Å². The predicted octanol–water partition coefficient (Wildman–Crippen LogP) is 4.10. The summed E-state index contributed by atoms with van der Waals surface area (Å²) in [6, 6.07) is 8.62. The number of aromatic carboxylic acids is 1. The molecule has 2 aromatic rings. The molecule has 1 aromatic heterocycles. The van der Waals surface area contributed by atoms with Crippen LogP contribution in [0, 0.1) is 0 Å². The normalized spacial score (nSPS) is 10.6. The van der Waals surface area contributed by atoms with Crippen molar-refractivity contribution < 1.29 is 28.9 Å². The number of carbonyl (C=O) groups is 2. The molecule has 0 radical (unpaired) electrons. The van der Waals surface area contributed by atoms with Gasteiger partial charge in [0.1, 0.15) is 18.5 Å². The Morgan fingerprint density at radius 3 is 2.32 bits per heavy atom. The number of aromatic nitrogens is 1. The zero-order valence-corrected chi connectivity index (χ0v) is 16.3. The van der Waals surface area contributed by atoms with Crippen molar-refractivity contribution in [2.45, 2.75) is 46.3 Å². The fourth-order valence-electron chi connectivity index (χ4n) is 2.51. The van der Waals surface area contributed by atoms with Crippen molar-refractivity contribution in [3.05, 3.63) is 53.3 Å². The molecule has 0 amide bonds. The summed E-state index contributed by atoms with van der Waals surface area (Å²) in [6.07, 6.45) is 2.39. The van der Waals surface area contributed by atoms with Crippen molar-refractivity contribution in [3.63, 3.8) is 0 Å². The first-order chi connectivity index (χ1) is 13.5. The number of benzene rings is 1. The molecule has 0 bridgehead atoms. The highest BCUT2D eigenvalue weighted by atomic mass is 16.5. The van der Waals surface area contributed by atoms with Crippen LogP contribution in [-0.4, -0.2) is 34.7 Å². The predicted molar refractivity (Wildman–Crippen MR) is 103 cm³/mol. The van der Waals surface area contributed by atoms with Gasteiger partial charge in [-0.05, 0) is 43.5 Å². The summed E-state index contributed by atoms with van der Waals surface area (Å²) in [5.41, 5.74) is 0.716. The van der Waals surface area contributed by atoms with Crippen LogP contribution < -0.4 is 9.47 Å². The zero-order valence-electron chi connectivity index (χ0n) is 16.3. The van der Waals surface area contributed by atoms with Gasteiger partial charge in [0.05, 0.1) is 12.2 Å². The molecule has 7 nitrogen and oxygen atoms in total. The Morgan fingerprint density at radius 2 is 1.75 bits per heavy atom. The Balaban J connectivity index is 2.16. The van der Waals surface area contributed by atoms with E-state index in [1.807, 2.05) is 45.0 Å². The number of carbonyl (C=O) groups excluding carboxylic acids is 1. The molecule has 7 heteroatoms. The standard InChI is InChI=1S/C21H25NO6/c1-4-16(5-2)28-21(25)15-11-18(19(20(23)24)22-12-15)27-13-14-7-9-17(10-8-14)26-6-3/h7-12,16H,4-6,13H2,1-3H3,(H,23,24). The molecule has 0 aliphatic heterocycles. The molecule has 0 saturated carbocycles. The molecule has 0 unspecified atom stereocenters. The Labute approximate surface area is 164 Å². The molecular formula is C21H25NO6. The van der Waals surface area contributed by atoms with Crippen LogP contribution in [0.1, 0.15) is 60.0 Å². The van der Waals surface area contributed by atoms with Crippen molar-refractivity contribution in [1.82, 2.24) is 4.98 Å². The highest BCUT2D eigenvalue weighted by Crippen LogP contribution is 2.22. The van der Waals surface area contributed by atoms with E-state index >= 15 is 0 Å². The molecule has 150 valence electrons. The monoisotopic (exact) mass is 387 g/mol. The summed E-state index contributed by atoms with van der Waals surface area (Å²) >= 11 is 0. The van der Waals surface area contributed by atoms with Crippen LogP contribution in [0.3, 0.4) is 0 Å². The number of ether oxygens (including phenoxy) is 3. The molecule has 1 heterocycles. The van der Waals surface area contributed by atoms with Crippen molar-refractivity contribution in [1.29, 1.82) is 0 Å². The van der Waals surface area contributed by atoms with Gasteiger partial charge < -0.3 is 19.3 Å². The van der Waals surface area contributed by atoms with E-state index in [2.05, 4.69) is 4.98 Å². The van der Waals surface area contributed by atoms with Gasteiger partial charge in [-0.3, -0.25) is 0 Å². The van der Waals surface area contributed by atoms with Gasteiger partial charge in [-0.2, -0.15) is 0 Å². The van der Waals surface area contributed by atoms with E-state index in [0.717, 1.165) is 11.3 Å². The number of pyridine rings is 1. The van der Waals surface area contributed by atoms with Crippen molar-refractivity contribution in [3.8, 4) is 11.5 Å². The van der Waals surface area contributed by atoms with E-state index in [1.54, 1.807) is 0 Å². The third-order valence-corrected chi connectivity index (χ3v) is 4.10. The topological polar surface area (TPSA) is 95.0 Å². The number of nitrogens with zero attached hydrogens (tertiary/aromatic N) is 1. The van der Waals surface area contributed by atoms with Crippen LogP contribution in [0.15, 0.2) is 36.5 Å². The van der Waals surface area contributed by atoms with E-state index in [4.69, 9.17) is 14.2 Å². The average molecular weight is 387 g/mol. The lowest BCUT2D eigenvalue weighted by molar-refractivity contribution is 0.0282. The molecule has 0 spiro atoms. The lowest BCUT2D eigenvalue weighted by atomic mass is 10.2. The molecule has 1 N–H and O–H groups in total. The minimum Gasteiger partial charge on any atom is -0.494 e. The molecule has 28 heavy (non-hydrogen) atoms. The minimum absolute atomic E-state index is 0.0142. The molecule has 1 aromatic carbocycles. The number of carboxylic acids is 1. The molecule has 2 rings (SSSR count). The quantitative estimate of drug-likeness (QED) is 0.613. The zero-order chi connectivity index (χ0) is 20.5. The van der Waals surface area contributed by atoms with Gasteiger partial charge in [0, 0.05) is 6.20 Å². The van der Waals surface area contributed by atoms with Gasteiger partial charge >= 0.3 is 11.9 Å². The van der Waals surface area contributed by atoms with Crippen LogP contribution in [0.4, 0.5) is 0 Å². The first-order valence-electron chi connectivity index (χ1n) is 9.27. The smallest absolute Gasteiger partial charge is 0.358 e. The summed E-state index contributed by atoms with van der Waals surface area (Å²) in [6.45, 7) is 6.46. The molecule has 0 saturated heterocycles. The highest BCUT2D eigenvalue weighted by molar-refractivity contribution is 5.93. The summed E-state index contributed by atoms with van der Waals surface area (Å²) in [4.78, 5) is 27.6. The van der Waals surface area contributed by atoms with E-state index in [-0.39, 0.29) is 29.7 Å². The van der Waals surface area contributed by atoms with Crippen molar-refractivity contribution in [2.24, 2.45) is 0 Å². The summed E-state index contributed by atoms with van der Waals surface area (Å²) in [5.74, 6) is -1.03. The molecule has 0 aliphatic carbocycles. The molecule has 0 atom stereocenters. The van der Waals surface area contributed by atoms with Crippen LogP contribution in [0.5, 0.6) is 11.5 Å². The van der Waals surface area contributed by atoms with E-state index in [0.29, 0.717) is 19.4 Å². The maximum atomic E-state index is 12.3. The van der Waals surface area contributed by atoms with Gasteiger partial charge in [-0.1, -0.05) is 26.0 Å². The number of rotatable bonds is 10. The minimum atomic E-state index is -1.23. The van der Waals surface area contributed by atoms with Crippen LogP contribution in [0.25, 0.3) is 0 Å². The second-order valence-electron chi connectivity index (χ2n) is 6.09. The molecule has 0 fully saturated rings. The Hall–Kier alpha value is -3.09. The van der Waals surface area contributed by atoms with Crippen molar-refractivity contribution >= 4 is 11.9 Å². The van der Waals surface area contributed by atoms with E-state index < -0.39 is 11.9 Å². The molecular weight excluding hydrogens is 362 g/mol. The maximum absolute atomic E-state index is 12.3. The second-order valence-corrected chi connectivity index (χ2v) is 6.09. The second kappa shape index (κ2) is 10.3. The number of hydrogen-bond acceptors (Lipinski definition) is 6. The Kier molecular flexibility index (Phi) is 7.80. The molecule has 0 aliphatic rings. The third-order valence-electron chi connectivity index (χ3n) is 4.10. The lowest BCUT2D eigenvalue weighted by Crippen LogP contribution is -2.17. The number of esters is 1. The van der Waals surface area contributed by atoms with Gasteiger partial charge in [-0.15, -0.1) is 0 Å². The Morgan fingerprint density at radius 1 is 1.07 bits per heavy atom. The SMILES string of the molecule is CCOc1ccc(COc2cc(C(=O)OC(CC)CC)cnc2C(=O)O)cc1. The first-order valence-corrected chi connectivity index (χ1v) is 9.27. The number of carboxylic acid groups (broad SMARTS) is 1. The number of hydrogen-bond donors (Lipinski definition) is 1. The van der Waals surface area contributed by atoms with Gasteiger partial charge in [0.25, 0.3) is 0 Å². The average Bonchev–Trinajstić information content (AvgIpc) is 2.71. The fourth-order valence-corrected chi connectivity index (χ4v) is 2.51. The van der Waals surface area contributed by atoms with Gasteiger partial charge in [0.15, 0.2) is 11.4 Å². The van der Waals surface area contributed by atoms with Crippen LogP contribution >= 0.6 is 0 Å². The van der Waals surface area contributed by atoms with Crippen molar-refractivity contribution in [2.75, 3.05) is 6.61 Å². The highest BCUT2D eigenvalue weighted by Gasteiger charge is 2.19. The maximum Gasteiger partial charge on any atom is 0.358 e. The largest absolute Gasteiger partial charge is 0.494 e. The van der Waals surface area contributed by atoms with Crippen LogP contribution in [0.2, 0.25) is 0 Å². The van der Waals surface area contributed by atoms with E-state index in [9.17, 15) is 14.7 Å². The summed E-state index contributed by atoms with van der Waals surface area (Å²) < 4.78 is 16.4. The third kappa shape index (κ3) is 5.70. The van der Waals surface area contributed by atoms with Gasteiger partial charge in [-0.25, -0.2) is 14.6 Å². The fraction of sp³-hybridized carbons (Fsp3) is 0.381.